The van der Waals surface area contributed by atoms with E-state index < -0.39 is 0 Å². The number of nitrogens with zero attached hydrogens (tertiary/aromatic N) is 2. The first-order valence-electron chi connectivity index (χ1n) is 6.72. The minimum Gasteiger partial charge on any atom is -0.493 e. The molecule has 5 heteroatoms. The molecule has 1 aromatic heterocycles. The van der Waals surface area contributed by atoms with Crippen molar-refractivity contribution >= 4 is 11.6 Å². The van der Waals surface area contributed by atoms with Gasteiger partial charge in [-0.05, 0) is 31.5 Å². The van der Waals surface area contributed by atoms with Gasteiger partial charge in [-0.1, -0.05) is 6.07 Å². The molecule has 0 bridgehead atoms. The Balaban J connectivity index is 2.24. The molecule has 112 valence electrons. The summed E-state index contributed by atoms with van der Waals surface area (Å²) in [5.41, 5.74) is 2.95. The zero-order chi connectivity index (χ0) is 15.4. The Bertz CT molecular complexity index is 630. The van der Waals surface area contributed by atoms with E-state index in [4.69, 9.17) is 21.1 Å². The van der Waals surface area contributed by atoms with Crippen molar-refractivity contribution in [2.75, 3.05) is 14.2 Å². The topological polar surface area (TPSA) is 44.2 Å². The van der Waals surface area contributed by atoms with Gasteiger partial charge in [0.1, 0.15) is 5.82 Å². The molecule has 0 aliphatic heterocycles. The maximum atomic E-state index is 6.08. The number of ether oxygens (including phenoxy) is 2. The van der Waals surface area contributed by atoms with Gasteiger partial charge in [0.25, 0.3) is 0 Å². The minimum absolute atomic E-state index is 0.0832. The molecule has 1 aromatic carbocycles. The van der Waals surface area contributed by atoms with Crippen molar-refractivity contribution in [3.05, 3.63) is 47.0 Å². The third kappa shape index (κ3) is 3.64. The monoisotopic (exact) mass is 306 g/mol. The van der Waals surface area contributed by atoms with Crippen LogP contribution in [-0.4, -0.2) is 24.2 Å². The van der Waals surface area contributed by atoms with Crippen LogP contribution < -0.4 is 9.47 Å². The van der Waals surface area contributed by atoms with Crippen molar-refractivity contribution in [1.82, 2.24) is 9.97 Å². The van der Waals surface area contributed by atoms with Crippen LogP contribution in [0, 0.1) is 6.92 Å². The van der Waals surface area contributed by atoms with Gasteiger partial charge >= 0.3 is 0 Å². The fourth-order valence-electron chi connectivity index (χ4n) is 2.17. The highest BCUT2D eigenvalue weighted by atomic mass is 35.5. The first-order valence-corrected chi connectivity index (χ1v) is 7.16. The zero-order valence-corrected chi connectivity index (χ0v) is 13.4. The van der Waals surface area contributed by atoms with Crippen molar-refractivity contribution in [3.63, 3.8) is 0 Å². The van der Waals surface area contributed by atoms with Crippen LogP contribution in [0.15, 0.2) is 24.4 Å². The van der Waals surface area contributed by atoms with Crippen LogP contribution in [0.5, 0.6) is 11.5 Å². The molecule has 0 aliphatic rings. The van der Waals surface area contributed by atoms with E-state index in [2.05, 4.69) is 9.97 Å². The van der Waals surface area contributed by atoms with Gasteiger partial charge in [-0.2, -0.15) is 0 Å². The summed E-state index contributed by atoms with van der Waals surface area (Å²) in [7, 11) is 3.25. The summed E-state index contributed by atoms with van der Waals surface area (Å²) >= 11 is 6.08. The fraction of sp³-hybridized carbons (Fsp3) is 0.375. The van der Waals surface area contributed by atoms with Gasteiger partial charge in [0.2, 0.25) is 0 Å². The molecule has 21 heavy (non-hydrogen) atoms. The van der Waals surface area contributed by atoms with Crippen LogP contribution in [0.25, 0.3) is 0 Å². The third-order valence-corrected chi connectivity index (χ3v) is 3.54. The summed E-state index contributed by atoms with van der Waals surface area (Å²) in [5, 5.41) is -0.0832. The molecule has 1 heterocycles. The average Bonchev–Trinajstić information content (AvgIpc) is 2.46. The minimum atomic E-state index is -0.0832. The van der Waals surface area contributed by atoms with E-state index in [-0.39, 0.29) is 5.38 Å². The lowest BCUT2D eigenvalue weighted by atomic mass is 10.1. The number of aryl methyl sites for hydroxylation is 1. The van der Waals surface area contributed by atoms with E-state index in [0.717, 1.165) is 22.6 Å². The van der Waals surface area contributed by atoms with Crippen molar-refractivity contribution in [2.45, 2.75) is 25.6 Å². The standard InChI is InChI=1S/C16H19ClN2O2/c1-10(17)13-9-18-16(19-11(13)2)8-12-5-6-14(20-3)15(7-12)21-4/h5-7,9-10H,8H2,1-4H3. The molecule has 0 amide bonds. The summed E-state index contributed by atoms with van der Waals surface area (Å²) in [6.07, 6.45) is 2.44. The number of aromatic nitrogens is 2. The largest absolute Gasteiger partial charge is 0.493 e. The molecule has 1 unspecified atom stereocenters. The number of hydrogen-bond acceptors (Lipinski definition) is 4. The highest BCUT2D eigenvalue weighted by molar-refractivity contribution is 6.20. The number of alkyl halides is 1. The van der Waals surface area contributed by atoms with Gasteiger partial charge < -0.3 is 9.47 Å². The van der Waals surface area contributed by atoms with Crippen molar-refractivity contribution in [3.8, 4) is 11.5 Å². The molecule has 0 aliphatic carbocycles. The molecule has 2 rings (SSSR count). The van der Waals surface area contributed by atoms with Gasteiger partial charge in [0.05, 0.1) is 19.6 Å². The quantitative estimate of drug-likeness (QED) is 0.790. The van der Waals surface area contributed by atoms with Crippen LogP contribution in [0.1, 0.15) is 34.9 Å². The zero-order valence-electron chi connectivity index (χ0n) is 12.7. The van der Waals surface area contributed by atoms with Gasteiger partial charge in [-0.15, -0.1) is 11.6 Å². The van der Waals surface area contributed by atoms with Gasteiger partial charge in [0, 0.05) is 23.9 Å². The summed E-state index contributed by atoms with van der Waals surface area (Å²) in [5.74, 6) is 2.18. The molecule has 0 saturated carbocycles. The maximum absolute atomic E-state index is 6.08. The second-order valence-electron chi connectivity index (χ2n) is 4.81. The molecule has 0 saturated heterocycles. The molecule has 4 nitrogen and oxygen atoms in total. The number of benzene rings is 1. The molecule has 0 fully saturated rings. The lowest BCUT2D eigenvalue weighted by Gasteiger charge is -2.10. The van der Waals surface area contributed by atoms with Gasteiger partial charge in [-0.3, -0.25) is 0 Å². The molecule has 2 aromatic rings. The first-order chi connectivity index (χ1) is 10.0. The van der Waals surface area contributed by atoms with E-state index >= 15 is 0 Å². The van der Waals surface area contributed by atoms with Crippen molar-refractivity contribution in [1.29, 1.82) is 0 Å². The number of rotatable bonds is 5. The van der Waals surface area contributed by atoms with Crippen LogP contribution in [0.3, 0.4) is 0 Å². The maximum Gasteiger partial charge on any atom is 0.161 e. The summed E-state index contributed by atoms with van der Waals surface area (Å²) in [6.45, 7) is 3.87. The SMILES string of the molecule is COc1ccc(Cc2ncc(C(C)Cl)c(C)n2)cc1OC. The Morgan fingerprint density at radius 3 is 2.48 bits per heavy atom. The number of halogens is 1. The highest BCUT2D eigenvalue weighted by Crippen LogP contribution is 2.28. The fourth-order valence-corrected chi connectivity index (χ4v) is 2.39. The lowest BCUT2D eigenvalue weighted by molar-refractivity contribution is 0.354. The molecule has 0 N–H and O–H groups in total. The Morgan fingerprint density at radius 2 is 1.90 bits per heavy atom. The predicted octanol–water partition coefficient (Wildman–Crippen LogP) is 3.69. The summed E-state index contributed by atoms with van der Waals surface area (Å²) in [4.78, 5) is 8.91. The second kappa shape index (κ2) is 6.76. The van der Waals surface area contributed by atoms with Crippen LogP contribution in [-0.2, 0) is 6.42 Å². The number of hydrogen-bond donors (Lipinski definition) is 0. The Labute approximate surface area is 130 Å². The van der Waals surface area contributed by atoms with Crippen molar-refractivity contribution in [2.24, 2.45) is 0 Å². The third-order valence-electron chi connectivity index (χ3n) is 3.31. The highest BCUT2D eigenvalue weighted by Gasteiger charge is 2.10. The van der Waals surface area contributed by atoms with Crippen LogP contribution in [0.2, 0.25) is 0 Å². The summed E-state index contributed by atoms with van der Waals surface area (Å²) in [6, 6.07) is 5.81. The van der Waals surface area contributed by atoms with E-state index in [1.807, 2.05) is 32.0 Å². The second-order valence-corrected chi connectivity index (χ2v) is 5.46. The molecule has 0 radical (unpaired) electrons. The molecular weight excluding hydrogens is 288 g/mol. The molecule has 1 atom stereocenters. The smallest absolute Gasteiger partial charge is 0.161 e. The Morgan fingerprint density at radius 1 is 1.19 bits per heavy atom. The Kier molecular flexibility index (Phi) is 5.02. The normalized spacial score (nSPS) is 12.0. The van der Waals surface area contributed by atoms with E-state index in [0.29, 0.717) is 17.9 Å². The van der Waals surface area contributed by atoms with E-state index in [1.54, 1.807) is 20.4 Å². The molecule has 0 spiro atoms. The van der Waals surface area contributed by atoms with Gasteiger partial charge in [-0.25, -0.2) is 9.97 Å². The van der Waals surface area contributed by atoms with E-state index in [9.17, 15) is 0 Å². The van der Waals surface area contributed by atoms with Crippen molar-refractivity contribution < 1.29 is 9.47 Å². The summed E-state index contributed by atoms with van der Waals surface area (Å²) < 4.78 is 10.5. The van der Waals surface area contributed by atoms with Crippen LogP contribution >= 0.6 is 11.6 Å². The molecular formula is C16H19ClN2O2. The average molecular weight is 307 g/mol. The van der Waals surface area contributed by atoms with Gasteiger partial charge in [0.15, 0.2) is 11.5 Å². The van der Waals surface area contributed by atoms with E-state index in [1.165, 1.54) is 0 Å². The van der Waals surface area contributed by atoms with Crippen LogP contribution in [0.4, 0.5) is 0 Å². The Hall–Kier alpha value is -1.81. The number of methoxy groups -OCH3 is 2. The predicted molar refractivity (Wildman–Crippen MR) is 83.4 cm³/mol. The first kappa shape index (κ1) is 15.6. The lowest BCUT2D eigenvalue weighted by Crippen LogP contribution is -2.03.